The van der Waals surface area contributed by atoms with Crippen LogP contribution in [0.15, 0.2) is 16.7 Å². The van der Waals surface area contributed by atoms with E-state index in [1.54, 1.807) is 0 Å². The fourth-order valence-corrected chi connectivity index (χ4v) is 3.85. The van der Waals surface area contributed by atoms with Crippen LogP contribution in [0.4, 0.5) is 11.8 Å². The van der Waals surface area contributed by atoms with Crippen LogP contribution < -0.4 is 9.80 Å². The molecule has 0 unspecified atom stereocenters. The quantitative estimate of drug-likeness (QED) is 0.765. The smallest absolute Gasteiger partial charge is 0.276 e. The Morgan fingerprint density at radius 3 is 2.48 bits per heavy atom. The largest absolute Gasteiger partial charge is 0.378 e. The van der Waals surface area contributed by atoms with Gasteiger partial charge in [0.15, 0.2) is 5.69 Å². The maximum Gasteiger partial charge on any atom is 0.276 e. The average Bonchev–Trinajstić information content (AvgIpc) is 3.50. The Kier molecular flexibility index (Phi) is 4.83. The summed E-state index contributed by atoms with van der Waals surface area (Å²) in [5.41, 5.74) is 1.37. The SMILES string of the molecule is Cc1cc(N2CCN(C(=O)c3cc(C4CC4)on3)CC2)nc(N2CCOCC2)n1. The van der Waals surface area contributed by atoms with Gasteiger partial charge >= 0.3 is 0 Å². The minimum Gasteiger partial charge on any atom is -0.378 e. The Morgan fingerprint density at radius 1 is 1.00 bits per heavy atom. The highest BCUT2D eigenvalue weighted by molar-refractivity contribution is 5.92. The van der Waals surface area contributed by atoms with E-state index in [0.29, 0.717) is 37.9 Å². The molecule has 9 nitrogen and oxygen atoms in total. The first-order chi connectivity index (χ1) is 14.2. The average molecular weight is 398 g/mol. The predicted molar refractivity (Wildman–Crippen MR) is 106 cm³/mol. The number of amides is 1. The summed E-state index contributed by atoms with van der Waals surface area (Å²) in [5, 5.41) is 3.99. The summed E-state index contributed by atoms with van der Waals surface area (Å²) in [6.07, 6.45) is 2.26. The molecule has 3 aliphatic rings. The molecule has 1 aliphatic carbocycles. The third kappa shape index (κ3) is 3.91. The van der Waals surface area contributed by atoms with Gasteiger partial charge in [0, 0.05) is 63.0 Å². The minimum absolute atomic E-state index is 0.0480. The Morgan fingerprint density at radius 2 is 1.76 bits per heavy atom. The summed E-state index contributed by atoms with van der Waals surface area (Å²) < 4.78 is 10.8. The van der Waals surface area contributed by atoms with Gasteiger partial charge in [0.05, 0.1) is 13.2 Å². The lowest BCUT2D eigenvalue weighted by Gasteiger charge is -2.35. The molecule has 2 aromatic heterocycles. The maximum absolute atomic E-state index is 12.8. The zero-order valence-electron chi connectivity index (χ0n) is 16.7. The molecular formula is C20H26N6O3. The lowest BCUT2D eigenvalue weighted by atomic mass is 10.2. The molecule has 154 valence electrons. The summed E-state index contributed by atoms with van der Waals surface area (Å²) in [4.78, 5) is 28.4. The molecule has 0 N–H and O–H groups in total. The summed E-state index contributed by atoms with van der Waals surface area (Å²) >= 11 is 0. The van der Waals surface area contributed by atoms with Gasteiger partial charge in [-0.05, 0) is 19.8 Å². The van der Waals surface area contributed by atoms with Gasteiger partial charge in [-0.25, -0.2) is 4.98 Å². The second-order valence-electron chi connectivity index (χ2n) is 7.93. The van der Waals surface area contributed by atoms with Crippen molar-refractivity contribution in [3.63, 3.8) is 0 Å². The van der Waals surface area contributed by atoms with E-state index in [4.69, 9.17) is 14.2 Å². The number of ether oxygens (including phenoxy) is 1. The third-order valence-electron chi connectivity index (χ3n) is 5.74. The molecule has 5 rings (SSSR count). The van der Waals surface area contributed by atoms with E-state index in [2.05, 4.69) is 19.9 Å². The van der Waals surface area contributed by atoms with Crippen LogP contribution in [-0.2, 0) is 4.74 Å². The molecule has 4 heterocycles. The minimum atomic E-state index is -0.0480. The first-order valence-corrected chi connectivity index (χ1v) is 10.4. The molecule has 3 fully saturated rings. The number of anilines is 2. The molecule has 29 heavy (non-hydrogen) atoms. The number of aromatic nitrogens is 3. The van der Waals surface area contributed by atoms with Crippen LogP contribution in [0.2, 0.25) is 0 Å². The molecule has 2 aliphatic heterocycles. The van der Waals surface area contributed by atoms with E-state index in [1.807, 2.05) is 24.0 Å². The normalized spacial score (nSPS) is 20.2. The van der Waals surface area contributed by atoms with E-state index in [-0.39, 0.29) is 5.91 Å². The predicted octanol–water partition coefficient (Wildman–Crippen LogP) is 1.45. The Balaban J connectivity index is 1.24. The van der Waals surface area contributed by atoms with Crippen molar-refractivity contribution in [3.8, 4) is 0 Å². The summed E-state index contributed by atoms with van der Waals surface area (Å²) in [6, 6.07) is 3.83. The summed E-state index contributed by atoms with van der Waals surface area (Å²) in [6.45, 7) is 7.78. The third-order valence-corrected chi connectivity index (χ3v) is 5.74. The number of carbonyl (C=O) groups is 1. The van der Waals surface area contributed by atoms with Crippen molar-refractivity contribution in [2.75, 3.05) is 62.3 Å². The van der Waals surface area contributed by atoms with E-state index in [9.17, 15) is 4.79 Å². The molecule has 1 amide bonds. The standard InChI is InChI=1S/C20H26N6O3/c1-14-12-18(22-20(21-14)26-8-10-28-11-9-26)24-4-6-25(7-5-24)19(27)16-13-17(29-23-16)15-2-3-15/h12-13,15H,2-11H2,1H3. The molecule has 0 radical (unpaired) electrons. The highest BCUT2D eigenvalue weighted by Gasteiger charge is 2.31. The van der Waals surface area contributed by atoms with Gasteiger partial charge < -0.3 is 24.0 Å². The fourth-order valence-electron chi connectivity index (χ4n) is 3.85. The number of carbonyl (C=O) groups excluding carboxylic acids is 1. The number of nitrogens with zero attached hydrogens (tertiary/aromatic N) is 6. The van der Waals surface area contributed by atoms with Crippen LogP contribution in [0.5, 0.6) is 0 Å². The molecule has 2 aromatic rings. The number of hydrogen-bond acceptors (Lipinski definition) is 8. The molecule has 0 atom stereocenters. The number of hydrogen-bond donors (Lipinski definition) is 0. The van der Waals surface area contributed by atoms with Gasteiger partial charge in [0.1, 0.15) is 11.6 Å². The van der Waals surface area contributed by atoms with Gasteiger partial charge in [-0.15, -0.1) is 0 Å². The molecule has 0 bridgehead atoms. The molecule has 0 spiro atoms. The van der Waals surface area contributed by atoms with E-state index in [1.165, 1.54) is 0 Å². The highest BCUT2D eigenvalue weighted by Crippen LogP contribution is 2.40. The Labute approximate surface area is 169 Å². The monoisotopic (exact) mass is 398 g/mol. The Bertz CT molecular complexity index is 882. The van der Waals surface area contributed by atoms with Crippen molar-refractivity contribution in [2.24, 2.45) is 0 Å². The lowest BCUT2D eigenvalue weighted by molar-refractivity contribution is 0.0736. The number of morpholine rings is 1. The summed E-state index contributed by atoms with van der Waals surface area (Å²) in [7, 11) is 0. The van der Waals surface area contributed by atoms with E-state index < -0.39 is 0 Å². The first kappa shape index (κ1) is 18.4. The van der Waals surface area contributed by atoms with Crippen LogP contribution >= 0.6 is 0 Å². The van der Waals surface area contributed by atoms with Gasteiger partial charge in [-0.1, -0.05) is 5.16 Å². The number of rotatable bonds is 4. The van der Waals surface area contributed by atoms with Crippen molar-refractivity contribution in [2.45, 2.75) is 25.7 Å². The second kappa shape index (κ2) is 7.62. The second-order valence-corrected chi connectivity index (χ2v) is 7.93. The number of aryl methyl sites for hydroxylation is 1. The summed E-state index contributed by atoms with van der Waals surface area (Å²) in [5.74, 6) is 2.94. The number of piperazine rings is 1. The molecule has 9 heteroatoms. The van der Waals surface area contributed by atoms with Crippen molar-refractivity contribution >= 4 is 17.7 Å². The van der Waals surface area contributed by atoms with Crippen LogP contribution in [0.3, 0.4) is 0 Å². The van der Waals surface area contributed by atoms with Crippen LogP contribution in [0, 0.1) is 6.92 Å². The van der Waals surface area contributed by atoms with Crippen molar-refractivity contribution in [3.05, 3.63) is 29.3 Å². The van der Waals surface area contributed by atoms with Crippen LogP contribution in [0.1, 0.15) is 40.7 Å². The van der Waals surface area contributed by atoms with Crippen LogP contribution in [-0.4, -0.2) is 78.4 Å². The van der Waals surface area contributed by atoms with Crippen molar-refractivity contribution < 1.29 is 14.1 Å². The zero-order valence-corrected chi connectivity index (χ0v) is 16.7. The Hall–Kier alpha value is -2.68. The fraction of sp³-hybridized carbons (Fsp3) is 0.600. The van der Waals surface area contributed by atoms with Crippen molar-refractivity contribution in [1.82, 2.24) is 20.0 Å². The highest BCUT2D eigenvalue weighted by atomic mass is 16.5. The van der Waals surface area contributed by atoms with E-state index in [0.717, 1.165) is 62.2 Å². The lowest BCUT2D eigenvalue weighted by Crippen LogP contribution is -2.49. The first-order valence-electron chi connectivity index (χ1n) is 10.4. The van der Waals surface area contributed by atoms with Gasteiger partial charge in [0.25, 0.3) is 5.91 Å². The van der Waals surface area contributed by atoms with Crippen molar-refractivity contribution in [1.29, 1.82) is 0 Å². The maximum atomic E-state index is 12.8. The van der Waals surface area contributed by atoms with Gasteiger partial charge in [-0.2, -0.15) is 4.98 Å². The van der Waals surface area contributed by atoms with Gasteiger partial charge in [-0.3, -0.25) is 4.79 Å². The molecule has 1 saturated carbocycles. The van der Waals surface area contributed by atoms with E-state index >= 15 is 0 Å². The topological polar surface area (TPSA) is 87.8 Å². The molecule has 0 aromatic carbocycles. The molecule has 2 saturated heterocycles. The molecular weight excluding hydrogens is 372 g/mol. The van der Waals surface area contributed by atoms with Crippen LogP contribution in [0.25, 0.3) is 0 Å². The van der Waals surface area contributed by atoms with Gasteiger partial charge in [0.2, 0.25) is 5.95 Å². The zero-order chi connectivity index (χ0) is 19.8.